The van der Waals surface area contributed by atoms with Gasteiger partial charge in [0.1, 0.15) is 0 Å². The molecule has 1 saturated heterocycles. The Kier molecular flexibility index (Phi) is 6.48. The molecule has 1 unspecified atom stereocenters. The van der Waals surface area contributed by atoms with E-state index in [2.05, 4.69) is 51.3 Å². The first-order valence-electron chi connectivity index (χ1n) is 7.59. The van der Waals surface area contributed by atoms with Gasteiger partial charge in [0.05, 0.1) is 19.3 Å². The number of aliphatic hydroxyl groups excluding tert-OH is 1. The molecule has 0 aromatic heterocycles. The first-order valence-corrected chi connectivity index (χ1v) is 8.39. The molecular formula is C16H25BrN2O2. The smallest absolute Gasteiger partial charge is 0.0701 e. The summed E-state index contributed by atoms with van der Waals surface area (Å²) >= 11 is 3.68. The fourth-order valence-electron chi connectivity index (χ4n) is 2.72. The summed E-state index contributed by atoms with van der Waals surface area (Å²) < 4.78 is 6.76. The van der Waals surface area contributed by atoms with E-state index in [1.165, 1.54) is 11.3 Å². The van der Waals surface area contributed by atoms with Crippen LogP contribution in [0.15, 0.2) is 22.7 Å². The Balaban J connectivity index is 1.96. The zero-order valence-corrected chi connectivity index (χ0v) is 14.4. The van der Waals surface area contributed by atoms with Crippen molar-refractivity contribution in [3.8, 4) is 0 Å². The molecule has 1 atom stereocenters. The normalized spacial score (nSPS) is 18.0. The van der Waals surface area contributed by atoms with Crippen LogP contribution in [0.2, 0.25) is 0 Å². The molecule has 2 rings (SSSR count). The zero-order valence-electron chi connectivity index (χ0n) is 12.8. The lowest BCUT2D eigenvalue weighted by atomic mass is 10.0. The molecular weight excluding hydrogens is 332 g/mol. The van der Waals surface area contributed by atoms with Gasteiger partial charge in [-0.1, -0.05) is 22.0 Å². The van der Waals surface area contributed by atoms with E-state index in [1.54, 1.807) is 0 Å². The maximum atomic E-state index is 8.80. The van der Waals surface area contributed by atoms with Crippen LogP contribution in [0.5, 0.6) is 0 Å². The van der Waals surface area contributed by atoms with Crippen LogP contribution in [0.25, 0.3) is 0 Å². The highest BCUT2D eigenvalue weighted by Crippen LogP contribution is 2.29. The number of rotatable bonds is 6. The summed E-state index contributed by atoms with van der Waals surface area (Å²) in [6, 6.07) is 6.93. The predicted molar refractivity (Wildman–Crippen MR) is 89.9 cm³/mol. The Bertz CT molecular complexity index is 448. The minimum Gasteiger partial charge on any atom is -0.394 e. The third kappa shape index (κ3) is 4.42. The molecule has 1 aliphatic heterocycles. The van der Waals surface area contributed by atoms with Gasteiger partial charge in [0, 0.05) is 29.3 Å². The van der Waals surface area contributed by atoms with E-state index in [0.29, 0.717) is 18.8 Å². The van der Waals surface area contributed by atoms with Crippen molar-refractivity contribution in [1.29, 1.82) is 0 Å². The molecule has 2 N–H and O–H groups in total. The molecule has 0 spiro atoms. The number of hydrogen-bond donors (Lipinski definition) is 2. The van der Waals surface area contributed by atoms with Gasteiger partial charge >= 0.3 is 0 Å². The standard InChI is InChI=1S/C16H25BrN2O2/c1-12(18-2)15-4-3-13(11-16(15)17)19-7-5-14(6-8-19)21-10-9-20/h3-4,11-12,14,18,20H,5-10H2,1-2H3. The molecule has 1 aromatic carbocycles. The maximum Gasteiger partial charge on any atom is 0.0701 e. The van der Waals surface area contributed by atoms with Crippen molar-refractivity contribution >= 4 is 21.6 Å². The van der Waals surface area contributed by atoms with E-state index < -0.39 is 0 Å². The van der Waals surface area contributed by atoms with E-state index in [9.17, 15) is 0 Å². The summed E-state index contributed by atoms with van der Waals surface area (Å²) in [6.45, 7) is 4.72. The molecule has 1 heterocycles. The third-order valence-electron chi connectivity index (χ3n) is 4.14. The van der Waals surface area contributed by atoms with Crippen molar-refractivity contribution in [3.63, 3.8) is 0 Å². The zero-order chi connectivity index (χ0) is 15.2. The number of nitrogens with one attached hydrogen (secondary N) is 1. The number of piperidine rings is 1. The van der Waals surface area contributed by atoms with Gasteiger partial charge in [0.15, 0.2) is 0 Å². The largest absolute Gasteiger partial charge is 0.394 e. The molecule has 21 heavy (non-hydrogen) atoms. The van der Waals surface area contributed by atoms with E-state index in [0.717, 1.165) is 30.4 Å². The van der Waals surface area contributed by atoms with Crippen LogP contribution in [0.4, 0.5) is 5.69 Å². The van der Waals surface area contributed by atoms with Crippen molar-refractivity contribution in [2.75, 3.05) is 38.3 Å². The highest BCUT2D eigenvalue weighted by Gasteiger charge is 2.20. The quantitative estimate of drug-likeness (QED) is 0.822. The number of aliphatic hydroxyl groups is 1. The van der Waals surface area contributed by atoms with Crippen LogP contribution in [-0.4, -0.2) is 44.6 Å². The van der Waals surface area contributed by atoms with Crippen molar-refractivity contribution in [3.05, 3.63) is 28.2 Å². The maximum absolute atomic E-state index is 8.80. The van der Waals surface area contributed by atoms with E-state index in [1.807, 2.05) is 7.05 Å². The average Bonchev–Trinajstić information content (AvgIpc) is 2.52. The molecule has 1 aromatic rings. The lowest BCUT2D eigenvalue weighted by Gasteiger charge is -2.33. The van der Waals surface area contributed by atoms with Crippen LogP contribution >= 0.6 is 15.9 Å². The first-order chi connectivity index (χ1) is 10.2. The average molecular weight is 357 g/mol. The number of hydrogen-bond acceptors (Lipinski definition) is 4. The molecule has 1 aliphatic rings. The topological polar surface area (TPSA) is 44.7 Å². The second-order valence-corrected chi connectivity index (χ2v) is 6.35. The van der Waals surface area contributed by atoms with Gasteiger partial charge < -0.3 is 20.1 Å². The number of anilines is 1. The number of halogens is 1. The van der Waals surface area contributed by atoms with Gasteiger partial charge in [-0.2, -0.15) is 0 Å². The highest BCUT2D eigenvalue weighted by molar-refractivity contribution is 9.10. The SMILES string of the molecule is CNC(C)c1ccc(N2CCC(OCCO)CC2)cc1Br. The number of nitrogens with zero attached hydrogens (tertiary/aromatic N) is 1. The Labute approximate surface area is 135 Å². The van der Waals surface area contributed by atoms with Crippen LogP contribution in [0.1, 0.15) is 31.4 Å². The predicted octanol–water partition coefficient (Wildman–Crippen LogP) is 2.71. The molecule has 4 nitrogen and oxygen atoms in total. The number of ether oxygens (including phenoxy) is 1. The monoisotopic (exact) mass is 356 g/mol. The van der Waals surface area contributed by atoms with E-state index >= 15 is 0 Å². The first kappa shape index (κ1) is 16.7. The van der Waals surface area contributed by atoms with E-state index in [-0.39, 0.29) is 6.61 Å². The van der Waals surface area contributed by atoms with Gasteiger partial charge in [0.25, 0.3) is 0 Å². The molecule has 0 saturated carbocycles. The highest BCUT2D eigenvalue weighted by atomic mass is 79.9. The molecule has 0 amide bonds. The molecule has 0 radical (unpaired) electrons. The lowest BCUT2D eigenvalue weighted by Crippen LogP contribution is -2.37. The Morgan fingerprint density at radius 3 is 2.71 bits per heavy atom. The number of benzene rings is 1. The minimum atomic E-state index is 0.109. The van der Waals surface area contributed by atoms with Crippen molar-refractivity contribution in [2.24, 2.45) is 0 Å². The molecule has 0 bridgehead atoms. The van der Waals surface area contributed by atoms with Crippen molar-refractivity contribution in [1.82, 2.24) is 5.32 Å². The summed E-state index contributed by atoms with van der Waals surface area (Å²) in [5.41, 5.74) is 2.54. The van der Waals surface area contributed by atoms with Crippen LogP contribution < -0.4 is 10.2 Å². The Morgan fingerprint density at radius 1 is 1.43 bits per heavy atom. The van der Waals surface area contributed by atoms with Gasteiger partial charge in [0.2, 0.25) is 0 Å². The molecule has 0 aliphatic carbocycles. The fourth-order valence-corrected chi connectivity index (χ4v) is 3.43. The van der Waals surface area contributed by atoms with Crippen molar-refractivity contribution < 1.29 is 9.84 Å². The fraction of sp³-hybridized carbons (Fsp3) is 0.625. The van der Waals surface area contributed by atoms with Gasteiger partial charge in [-0.15, -0.1) is 0 Å². The summed E-state index contributed by atoms with van der Waals surface area (Å²) in [5, 5.41) is 12.1. The molecule has 118 valence electrons. The minimum absolute atomic E-state index is 0.109. The third-order valence-corrected chi connectivity index (χ3v) is 4.82. The van der Waals surface area contributed by atoms with Crippen LogP contribution in [-0.2, 0) is 4.74 Å². The summed E-state index contributed by atoms with van der Waals surface area (Å²) in [6.07, 6.45) is 2.33. The van der Waals surface area contributed by atoms with Crippen LogP contribution in [0.3, 0.4) is 0 Å². The molecule has 5 heteroatoms. The van der Waals surface area contributed by atoms with Gasteiger partial charge in [-0.05, 0) is 44.5 Å². The van der Waals surface area contributed by atoms with E-state index in [4.69, 9.17) is 9.84 Å². The molecule has 1 fully saturated rings. The Hall–Kier alpha value is -0.620. The summed E-state index contributed by atoms with van der Waals surface area (Å²) in [4.78, 5) is 2.40. The Morgan fingerprint density at radius 2 is 2.14 bits per heavy atom. The van der Waals surface area contributed by atoms with Gasteiger partial charge in [-0.25, -0.2) is 0 Å². The van der Waals surface area contributed by atoms with Gasteiger partial charge in [-0.3, -0.25) is 0 Å². The van der Waals surface area contributed by atoms with Crippen molar-refractivity contribution in [2.45, 2.75) is 31.9 Å². The summed E-state index contributed by atoms with van der Waals surface area (Å²) in [5.74, 6) is 0. The second-order valence-electron chi connectivity index (χ2n) is 5.50. The second kappa shape index (κ2) is 8.13. The van der Waals surface area contributed by atoms with Crippen LogP contribution in [0, 0.1) is 0 Å². The lowest BCUT2D eigenvalue weighted by molar-refractivity contribution is 0.0159. The summed E-state index contributed by atoms with van der Waals surface area (Å²) in [7, 11) is 1.97.